The molecule has 1 aromatic heterocycles. The van der Waals surface area contributed by atoms with E-state index in [1.165, 1.54) is 4.90 Å². The summed E-state index contributed by atoms with van der Waals surface area (Å²) in [7, 11) is 0. The van der Waals surface area contributed by atoms with E-state index in [1.54, 1.807) is 12.1 Å². The lowest BCUT2D eigenvalue weighted by Crippen LogP contribution is -2.43. The van der Waals surface area contributed by atoms with Crippen molar-refractivity contribution in [3.63, 3.8) is 0 Å². The molecule has 1 aliphatic rings. The van der Waals surface area contributed by atoms with E-state index in [9.17, 15) is 9.59 Å². The largest absolute Gasteiger partial charge is 0.480 e. The summed E-state index contributed by atoms with van der Waals surface area (Å²) in [5, 5.41) is 0. The quantitative estimate of drug-likeness (QED) is 0.431. The van der Waals surface area contributed by atoms with E-state index in [2.05, 4.69) is 20.9 Å². The van der Waals surface area contributed by atoms with Crippen LogP contribution in [0.15, 0.2) is 16.7 Å². The number of anilines is 1. The van der Waals surface area contributed by atoms with Gasteiger partial charge in [0.15, 0.2) is 18.2 Å². The van der Waals surface area contributed by atoms with Gasteiger partial charge in [0, 0.05) is 6.61 Å². The van der Waals surface area contributed by atoms with E-state index in [4.69, 9.17) is 14.2 Å². The number of carbonyl (C=O) groups excluding carboxylic acids is 2. The molecule has 0 radical (unpaired) electrons. The van der Waals surface area contributed by atoms with Crippen LogP contribution in [0.2, 0.25) is 0 Å². The Labute approximate surface area is 130 Å². The van der Waals surface area contributed by atoms with Crippen LogP contribution in [0.1, 0.15) is 6.92 Å². The number of rotatable bonds is 6. The number of carbonyl (C=O) groups is 2. The fourth-order valence-electron chi connectivity index (χ4n) is 1.75. The van der Waals surface area contributed by atoms with Gasteiger partial charge in [-0.15, -0.1) is 0 Å². The van der Waals surface area contributed by atoms with Crippen LogP contribution in [0.5, 0.6) is 5.75 Å². The third kappa shape index (κ3) is 4.15. The molecular weight excluding hydrogens is 344 g/mol. The van der Waals surface area contributed by atoms with Gasteiger partial charge in [0.25, 0.3) is 5.91 Å². The predicted molar refractivity (Wildman–Crippen MR) is 77.2 cm³/mol. The molecule has 0 bridgehead atoms. The first-order valence-electron chi connectivity index (χ1n) is 6.45. The number of aromatic nitrogens is 1. The SMILES string of the molecule is CCOCCOC(=O)CN1C(=O)COc2ccc(Br)nc21. The molecule has 0 spiro atoms. The number of nitrogens with zero attached hydrogens (tertiary/aromatic N) is 2. The van der Waals surface area contributed by atoms with Crippen molar-refractivity contribution in [1.82, 2.24) is 4.98 Å². The van der Waals surface area contributed by atoms with E-state index in [0.717, 1.165) is 0 Å². The Kier molecular flexibility index (Phi) is 5.51. The smallest absolute Gasteiger partial charge is 0.326 e. The maximum absolute atomic E-state index is 11.9. The first-order chi connectivity index (χ1) is 10.1. The Morgan fingerprint density at radius 2 is 2.29 bits per heavy atom. The van der Waals surface area contributed by atoms with E-state index >= 15 is 0 Å². The van der Waals surface area contributed by atoms with Gasteiger partial charge in [-0.3, -0.25) is 14.5 Å². The molecule has 2 rings (SSSR count). The van der Waals surface area contributed by atoms with Crippen molar-refractivity contribution >= 4 is 33.6 Å². The summed E-state index contributed by atoms with van der Waals surface area (Å²) in [6.45, 7) is 2.58. The van der Waals surface area contributed by atoms with Gasteiger partial charge in [-0.25, -0.2) is 4.98 Å². The predicted octanol–water partition coefficient (Wildman–Crippen LogP) is 1.15. The summed E-state index contributed by atoms with van der Waals surface area (Å²) in [5.74, 6) is -0.0881. The van der Waals surface area contributed by atoms with Crippen molar-refractivity contribution in [2.75, 3.05) is 37.9 Å². The number of hydrogen-bond donors (Lipinski definition) is 0. The number of amides is 1. The van der Waals surface area contributed by atoms with Gasteiger partial charge < -0.3 is 14.2 Å². The Bertz CT molecular complexity index is 537. The highest BCUT2D eigenvalue weighted by Gasteiger charge is 2.29. The van der Waals surface area contributed by atoms with Crippen molar-refractivity contribution in [3.8, 4) is 5.75 Å². The van der Waals surface area contributed by atoms with Crippen LogP contribution in [0.25, 0.3) is 0 Å². The zero-order chi connectivity index (χ0) is 15.2. The van der Waals surface area contributed by atoms with Gasteiger partial charge in [-0.2, -0.15) is 0 Å². The van der Waals surface area contributed by atoms with Gasteiger partial charge in [0.1, 0.15) is 17.8 Å². The molecule has 114 valence electrons. The molecule has 2 heterocycles. The minimum Gasteiger partial charge on any atom is -0.480 e. The minimum atomic E-state index is -0.516. The summed E-state index contributed by atoms with van der Waals surface area (Å²) in [6, 6.07) is 3.39. The highest BCUT2D eigenvalue weighted by Crippen LogP contribution is 2.31. The Morgan fingerprint density at radius 1 is 1.48 bits per heavy atom. The highest BCUT2D eigenvalue weighted by atomic mass is 79.9. The zero-order valence-corrected chi connectivity index (χ0v) is 13.1. The molecule has 1 aliphatic heterocycles. The van der Waals surface area contributed by atoms with E-state index in [-0.39, 0.29) is 25.7 Å². The Morgan fingerprint density at radius 3 is 3.05 bits per heavy atom. The number of pyridine rings is 1. The molecule has 21 heavy (non-hydrogen) atoms. The normalized spacial score (nSPS) is 13.6. The van der Waals surface area contributed by atoms with Crippen molar-refractivity contribution in [1.29, 1.82) is 0 Å². The highest BCUT2D eigenvalue weighted by molar-refractivity contribution is 9.10. The van der Waals surface area contributed by atoms with Crippen molar-refractivity contribution < 1.29 is 23.8 Å². The fraction of sp³-hybridized carbons (Fsp3) is 0.462. The number of fused-ring (bicyclic) bond motifs is 1. The first kappa shape index (κ1) is 15.7. The molecule has 8 heteroatoms. The summed E-state index contributed by atoms with van der Waals surface area (Å²) < 4.78 is 15.9. The van der Waals surface area contributed by atoms with Crippen LogP contribution < -0.4 is 9.64 Å². The molecule has 0 saturated carbocycles. The average molecular weight is 359 g/mol. The second kappa shape index (κ2) is 7.37. The second-order valence-corrected chi connectivity index (χ2v) is 4.95. The molecule has 0 atom stereocenters. The topological polar surface area (TPSA) is 78.0 Å². The van der Waals surface area contributed by atoms with Gasteiger partial charge in [-0.05, 0) is 35.0 Å². The van der Waals surface area contributed by atoms with Crippen LogP contribution >= 0.6 is 15.9 Å². The lowest BCUT2D eigenvalue weighted by atomic mass is 10.3. The standard InChI is InChI=1S/C13H15BrN2O5/c1-2-19-5-6-20-12(18)7-16-11(17)8-21-9-3-4-10(14)15-13(9)16/h3-4H,2,5-8H2,1H3. The molecule has 1 aromatic rings. The molecular formula is C13H15BrN2O5. The Balaban J connectivity index is 2.01. The van der Waals surface area contributed by atoms with Crippen LogP contribution in [0.3, 0.4) is 0 Å². The lowest BCUT2D eigenvalue weighted by Gasteiger charge is -2.27. The Hall–Kier alpha value is -1.67. The van der Waals surface area contributed by atoms with Crippen molar-refractivity contribution in [2.24, 2.45) is 0 Å². The first-order valence-corrected chi connectivity index (χ1v) is 7.24. The second-order valence-electron chi connectivity index (χ2n) is 4.14. The maximum Gasteiger partial charge on any atom is 0.326 e. The molecule has 0 unspecified atom stereocenters. The molecule has 0 aliphatic carbocycles. The summed E-state index contributed by atoms with van der Waals surface area (Å²) in [4.78, 5) is 29.1. The summed E-state index contributed by atoms with van der Waals surface area (Å²) in [6.07, 6.45) is 0. The van der Waals surface area contributed by atoms with Crippen LogP contribution in [-0.4, -0.2) is 49.8 Å². The molecule has 0 aromatic carbocycles. The van der Waals surface area contributed by atoms with Crippen LogP contribution in [0.4, 0.5) is 5.82 Å². The van der Waals surface area contributed by atoms with Gasteiger partial charge in [0.05, 0.1) is 6.61 Å². The molecule has 7 nitrogen and oxygen atoms in total. The van der Waals surface area contributed by atoms with Crippen LogP contribution in [0, 0.1) is 0 Å². The average Bonchev–Trinajstić information content (AvgIpc) is 2.47. The third-order valence-electron chi connectivity index (χ3n) is 2.70. The molecule has 0 fully saturated rings. The van der Waals surface area contributed by atoms with Gasteiger partial charge >= 0.3 is 5.97 Å². The van der Waals surface area contributed by atoms with Crippen molar-refractivity contribution in [2.45, 2.75) is 6.92 Å². The van der Waals surface area contributed by atoms with E-state index < -0.39 is 5.97 Å². The molecule has 0 N–H and O–H groups in total. The minimum absolute atomic E-state index is 0.122. The van der Waals surface area contributed by atoms with Gasteiger partial charge in [-0.1, -0.05) is 0 Å². The summed E-state index contributed by atoms with van der Waals surface area (Å²) >= 11 is 3.23. The number of hydrogen-bond acceptors (Lipinski definition) is 6. The van der Waals surface area contributed by atoms with Gasteiger partial charge in [0.2, 0.25) is 0 Å². The summed E-state index contributed by atoms with van der Waals surface area (Å²) in [5.41, 5.74) is 0. The van der Waals surface area contributed by atoms with E-state index in [0.29, 0.717) is 29.4 Å². The fourth-order valence-corrected chi connectivity index (χ4v) is 2.05. The zero-order valence-electron chi connectivity index (χ0n) is 11.5. The van der Waals surface area contributed by atoms with Crippen LogP contribution in [-0.2, 0) is 19.1 Å². The monoisotopic (exact) mass is 358 g/mol. The van der Waals surface area contributed by atoms with E-state index in [1.807, 2.05) is 6.92 Å². The molecule has 0 saturated heterocycles. The lowest BCUT2D eigenvalue weighted by molar-refractivity contribution is -0.144. The third-order valence-corrected chi connectivity index (χ3v) is 3.14. The maximum atomic E-state index is 11.9. The number of ether oxygens (including phenoxy) is 3. The number of halogens is 1. The van der Waals surface area contributed by atoms with Crippen molar-refractivity contribution in [3.05, 3.63) is 16.7 Å². The molecule has 1 amide bonds. The number of esters is 1.